The second kappa shape index (κ2) is 5.62. The van der Waals surface area contributed by atoms with Gasteiger partial charge >= 0.3 is 0 Å². The maximum Gasteiger partial charge on any atom is 0.284 e. The molecule has 0 aromatic carbocycles. The van der Waals surface area contributed by atoms with Gasteiger partial charge in [0.25, 0.3) is 6.02 Å². The first-order valence-electron chi connectivity index (χ1n) is 2.90. The summed E-state index contributed by atoms with van der Waals surface area (Å²) in [5.74, 6) is 0.586. The van der Waals surface area contributed by atoms with Crippen LogP contribution in [0.4, 0.5) is 0 Å². The maximum atomic E-state index is 5.41. The Labute approximate surface area is 71.2 Å². The van der Waals surface area contributed by atoms with Crippen LogP contribution in [-0.2, 0) is 4.74 Å². The minimum Gasteiger partial charge on any atom is -0.463 e. The summed E-state index contributed by atoms with van der Waals surface area (Å²) in [7, 11) is 0. The second-order valence-electron chi connectivity index (χ2n) is 1.65. The molecule has 0 aromatic rings. The van der Waals surface area contributed by atoms with Crippen molar-refractivity contribution in [3.05, 3.63) is 0 Å². The molecule has 0 saturated carbocycles. The fourth-order valence-corrected chi connectivity index (χ4v) is 0.691. The first-order chi connectivity index (χ1) is 4.43. The Morgan fingerprint density at radius 3 is 3.00 bits per heavy atom. The topological polar surface area (TPSA) is 33.6 Å². The van der Waals surface area contributed by atoms with Gasteiger partial charge in [0.2, 0.25) is 0 Å². The zero-order valence-corrected chi connectivity index (χ0v) is 7.04. The van der Waals surface area contributed by atoms with E-state index >= 15 is 0 Å². The number of ether oxygens (including phenoxy) is 1. The summed E-state index contributed by atoms with van der Waals surface area (Å²) in [6.07, 6.45) is 0. The molecule has 1 rings (SSSR count). The van der Waals surface area contributed by atoms with Gasteiger partial charge in [-0.25, -0.2) is 4.99 Å². The van der Waals surface area contributed by atoms with E-state index in [9.17, 15) is 0 Å². The van der Waals surface area contributed by atoms with Gasteiger partial charge in [-0.3, -0.25) is 0 Å². The van der Waals surface area contributed by atoms with Gasteiger partial charge < -0.3 is 10.1 Å². The summed E-state index contributed by atoms with van der Waals surface area (Å²) in [5, 5.41) is 2.93. The van der Waals surface area contributed by atoms with Crippen LogP contribution in [0, 0.1) is 0 Å². The summed E-state index contributed by atoms with van der Waals surface area (Å²) < 4.78 is 5.04. The van der Waals surface area contributed by atoms with Crippen LogP contribution in [0.1, 0.15) is 0 Å². The molecular weight excluding hydrogens is 175 g/mol. The van der Waals surface area contributed by atoms with Crippen LogP contribution < -0.4 is 5.32 Å². The van der Waals surface area contributed by atoms with Crippen LogP contribution in [0.25, 0.3) is 0 Å². The van der Waals surface area contributed by atoms with E-state index in [1.165, 1.54) is 0 Å². The molecule has 0 amide bonds. The van der Waals surface area contributed by atoms with Crippen molar-refractivity contribution in [2.24, 2.45) is 4.99 Å². The summed E-state index contributed by atoms with van der Waals surface area (Å²) in [4.78, 5) is 4.00. The summed E-state index contributed by atoms with van der Waals surface area (Å²) in [6, 6.07) is 0.635. The zero-order valence-electron chi connectivity index (χ0n) is 5.47. The highest BCUT2D eigenvalue weighted by molar-refractivity contribution is 6.18. The zero-order chi connectivity index (χ0) is 6.53. The van der Waals surface area contributed by atoms with Gasteiger partial charge in [-0.1, -0.05) is 0 Å². The van der Waals surface area contributed by atoms with Crippen LogP contribution >= 0.6 is 24.0 Å². The number of alkyl halides is 1. The molecule has 1 N–H and O–H groups in total. The van der Waals surface area contributed by atoms with Crippen molar-refractivity contribution in [3.63, 3.8) is 0 Å². The van der Waals surface area contributed by atoms with Crippen LogP contribution in [0.3, 0.4) is 0 Å². The lowest BCUT2D eigenvalue weighted by Gasteiger charge is -2.00. The summed E-state index contributed by atoms with van der Waals surface area (Å²) in [6.45, 7) is 2.19. The highest BCUT2D eigenvalue weighted by Gasteiger charge is 2.03. The van der Waals surface area contributed by atoms with Crippen molar-refractivity contribution in [1.29, 1.82) is 0 Å². The average molecular weight is 185 g/mol. The monoisotopic (exact) mass is 184 g/mol. The SMILES string of the molecule is Cl.ClCCNC1=NCCO1. The van der Waals surface area contributed by atoms with Gasteiger partial charge in [0.15, 0.2) is 0 Å². The van der Waals surface area contributed by atoms with Crippen LogP contribution in [0.15, 0.2) is 4.99 Å². The standard InChI is InChI=1S/C5H9ClN2O.ClH/c6-1-2-7-5-8-3-4-9-5;/h1-4H2,(H,7,8);1H. The van der Waals surface area contributed by atoms with E-state index in [1.54, 1.807) is 0 Å². The lowest BCUT2D eigenvalue weighted by atomic mass is 10.7. The molecule has 0 spiro atoms. The molecule has 1 aliphatic rings. The van der Waals surface area contributed by atoms with Gasteiger partial charge in [0.05, 0.1) is 6.54 Å². The number of aliphatic imine (C=N–C) groups is 1. The molecule has 5 heteroatoms. The molecule has 0 aromatic heterocycles. The predicted octanol–water partition coefficient (Wildman–Crippen LogP) is 0.623. The number of hydrogen-bond donors (Lipinski definition) is 1. The Morgan fingerprint density at radius 1 is 1.70 bits per heavy atom. The molecule has 0 radical (unpaired) electrons. The van der Waals surface area contributed by atoms with Gasteiger partial charge in [-0.05, 0) is 0 Å². The molecule has 0 bridgehead atoms. The van der Waals surface area contributed by atoms with Gasteiger partial charge in [0.1, 0.15) is 6.61 Å². The van der Waals surface area contributed by atoms with Crippen molar-refractivity contribution >= 4 is 30.0 Å². The predicted molar refractivity (Wildman–Crippen MR) is 44.2 cm³/mol. The number of hydrogen-bond acceptors (Lipinski definition) is 3. The first kappa shape index (κ1) is 9.85. The fraction of sp³-hybridized carbons (Fsp3) is 0.800. The van der Waals surface area contributed by atoms with Crippen molar-refractivity contribution in [2.75, 3.05) is 25.6 Å². The van der Waals surface area contributed by atoms with Crippen molar-refractivity contribution in [2.45, 2.75) is 0 Å². The highest BCUT2D eigenvalue weighted by Crippen LogP contribution is 1.89. The molecule has 0 unspecified atom stereocenters. The first-order valence-corrected chi connectivity index (χ1v) is 3.44. The Balaban J connectivity index is 0.000000810. The molecule has 10 heavy (non-hydrogen) atoms. The largest absolute Gasteiger partial charge is 0.463 e. The molecule has 1 heterocycles. The smallest absolute Gasteiger partial charge is 0.284 e. The van der Waals surface area contributed by atoms with Gasteiger partial charge in [-0.15, -0.1) is 24.0 Å². The third kappa shape index (κ3) is 3.13. The molecular formula is C5H10Cl2N2O. The van der Waals surface area contributed by atoms with Crippen molar-refractivity contribution in [1.82, 2.24) is 5.32 Å². The van der Waals surface area contributed by atoms with E-state index in [4.69, 9.17) is 16.3 Å². The molecule has 0 fully saturated rings. The number of nitrogens with one attached hydrogen (secondary N) is 1. The van der Waals surface area contributed by atoms with E-state index in [1.807, 2.05) is 0 Å². The van der Waals surface area contributed by atoms with E-state index in [0.29, 0.717) is 18.5 Å². The van der Waals surface area contributed by atoms with Gasteiger partial charge in [0, 0.05) is 12.4 Å². The average Bonchev–Trinajstić information content (AvgIpc) is 2.34. The Morgan fingerprint density at radius 2 is 2.50 bits per heavy atom. The van der Waals surface area contributed by atoms with Crippen molar-refractivity contribution in [3.8, 4) is 0 Å². The van der Waals surface area contributed by atoms with Crippen LogP contribution in [0.2, 0.25) is 0 Å². The minimum absolute atomic E-state index is 0. The minimum atomic E-state index is 0. The number of nitrogens with zero attached hydrogens (tertiary/aromatic N) is 1. The van der Waals surface area contributed by atoms with Crippen LogP contribution in [-0.4, -0.2) is 31.6 Å². The highest BCUT2D eigenvalue weighted by atomic mass is 35.5. The lowest BCUT2D eigenvalue weighted by Crippen LogP contribution is -2.25. The van der Waals surface area contributed by atoms with Crippen LogP contribution in [0.5, 0.6) is 0 Å². The van der Waals surface area contributed by atoms with E-state index in [2.05, 4.69) is 10.3 Å². The molecule has 0 atom stereocenters. The molecule has 0 saturated heterocycles. The third-order valence-electron chi connectivity index (χ3n) is 0.956. The van der Waals surface area contributed by atoms with Crippen molar-refractivity contribution < 1.29 is 4.74 Å². The molecule has 3 nitrogen and oxygen atoms in total. The fourth-order valence-electron chi connectivity index (χ4n) is 0.596. The molecule has 60 valence electrons. The second-order valence-corrected chi connectivity index (χ2v) is 2.03. The van der Waals surface area contributed by atoms with E-state index in [-0.39, 0.29) is 12.4 Å². The normalized spacial score (nSPS) is 15.1. The Hall–Kier alpha value is -0.150. The number of halogens is 2. The van der Waals surface area contributed by atoms with Gasteiger partial charge in [-0.2, -0.15) is 0 Å². The third-order valence-corrected chi connectivity index (χ3v) is 1.15. The number of amidine groups is 1. The molecule has 1 aliphatic heterocycles. The summed E-state index contributed by atoms with van der Waals surface area (Å²) >= 11 is 5.41. The number of rotatable bonds is 2. The lowest BCUT2D eigenvalue weighted by molar-refractivity contribution is 0.332. The maximum absolute atomic E-state index is 5.41. The molecule has 0 aliphatic carbocycles. The van der Waals surface area contributed by atoms with E-state index < -0.39 is 0 Å². The Bertz CT molecular complexity index is 118. The summed E-state index contributed by atoms with van der Waals surface area (Å²) in [5.41, 5.74) is 0. The van der Waals surface area contributed by atoms with E-state index in [0.717, 1.165) is 13.1 Å². The Kier molecular flexibility index (Phi) is 5.54. The quantitative estimate of drug-likeness (QED) is 0.640.